The van der Waals surface area contributed by atoms with Crippen molar-refractivity contribution in [2.24, 2.45) is 0 Å². The van der Waals surface area contributed by atoms with Crippen LogP contribution < -0.4 is 11.1 Å². The molecule has 1 aromatic carbocycles. The highest BCUT2D eigenvalue weighted by molar-refractivity contribution is 5.72. The minimum atomic E-state index is -0.632. The van der Waals surface area contributed by atoms with E-state index in [1.807, 2.05) is 6.07 Å². The molecular weight excluding hydrogens is 284 g/mol. The summed E-state index contributed by atoms with van der Waals surface area (Å²) in [4.78, 5) is 10.2. The smallest absolute Gasteiger partial charge is 0.309 e. The van der Waals surface area contributed by atoms with Gasteiger partial charge in [-0.25, -0.2) is 0 Å². The molecule has 0 bridgehead atoms. The summed E-state index contributed by atoms with van der Waals surface area (Å²) in [5.41, 5.74) is 5.89. The molecule has 3 N–H and O–H groups in total. The lowest BCUT2D eigenvalue weighted by Crippen LogP contribution is -2.12. The number of benzene rings is 1. The fraction of sp³-hybridized carbons (Fsp3) is 0.533. The van der Waals surface area contributed by atoms with E-state index in [-0.39, 0.29) is 16.9 Å². The van der Waals surface area contributed by atoms with Gasteiger partial charge in [-0.2, -0.15) is 5.26 Å². The quantitative estimate of drug-likeness (QED) is 0.346. The summed E-state index contributed by atoms with van der Waals surface area (Å²) in [6.45, 7) is 1.35. The number of nitrogen functional groups attached to an aromatic ring is 1. The Kier molecular flexibility index (Phi) is 5.55. The van der Waals surface area contributed by atoms with E-state index in [1.165, 1.54) is 25.0 Å². The van der Waals surface area contributed by atoms with Crippen molar-refractivity contribution in [1.29, 1.82) is 5.26 Å². The first-order valence-electron chi connectivity index (χ1n) is 7.45. The first kappa shape index (κ1) is 16.0. The van der Waals surface area contributed by atoms with Crippen LogP contribution in [-0.4, -0.2) is 24.2 Å². The lowest BCUT2D eigenvalue weighted by Gasteiger charge is -2.12. The number of anilines is 2. The number of nitrogens with two attached hydrogens (primary N) is 1. The van der Waals surface area contributed by atoms with Crippen LogP contribution in [0.4, 0.5) is 17.1 Å². The van der Waals surface area contributed by atoms with Gasteiger partial charge in [-0.1, -0.05) is 12.8 Å². The van der Waals surface area contributed by atoms with E-state index in [0.29, 0.717) is 24.9 Å². The van der Waals surface area contributed by atoms with E-state index in [1.54, 1.807) is 0 Å². The Labute approximate surface area is 129 Å². The maximum Gasteiger partial charge on any atom is 0.309 e. The standard InChI is InChI=1S/C15H20N4O3/c16-10-11-8-12(9-14(17)15(11)19(20)21)18-6-3-7-22-13-4-1-2-5-13/h8-9,13,18H,1-7,17H2. The number of ether oxygens (including phenoxy) is 1. The molecular formula is C15H20N4O3. The number of rotatable bonds is 7. The summed E-state index contributed by atoms with van der Waals surface area (Å²) in [5, 5.41) is 23.0. The number of nitro groups is 1. The Balaban J connectivity index is 1.84. The van der Waals surface area contributed by atoms with Crippen molar-refractivity contribution in [2.45, 2.75) is 38.2 Å². The molecule has 0 radical (unpaired) electrons. The van der Waals surface area contributed by atoms with Crippen LogP contribution in [0.3, 0.4) is 0 Å². The zero-order valence-electron chi connectivity index (χ0n) is 12.4. The molecule has 0 aliphatic heterocycles. The largest absolute Gasteiger partial charge is 0.393 e. The molecule has 2 rings (SSSR count). The predicted octanol–water partition coefficient (Wildman–Crippen LogP) is 2.81. The summed E-state index contributed by atoms with van der Waals surface area (Å²) in [6.07, 6.45) is 6.04. The molecule has 7 heteroatoms. The highest BCUT2D eigenvalue weighted by Gasteiger charge is 2.19. The third kappa shape index (κ3) is 4.09. The topological polar surface area (TPSA) is 114 Å². The third-order valence-corrected chi connectivity index (χ3v) is 3.75. The van der Waals surface area contributed by atoms with Gasteiger partial charge in [0, 0.05) is 18.8 Å². The normalized spacial score (nSPS) is 14.7. The van der Waals surface area contributed by atoms with E-state index in [4.69, 9.17) is 15.7 Å². The summed E-state index contributed by atoms with van der Waals surface area (Å²) in [6, 6.07) is 4.74. The van der Waals surface area contributed by atoms with Crippen LogP contribution in [0.2, 0.25) is 0 Å². The fourth-order valence-electron chi connectivity index (χ4n) is 2.66. The van der Waals surface area contributed by atoms with E-state index in [2.05, 4.69) is 5.32 Å². The van der Waals surface area contributed by atoms with Crippen molar-refractivity contribution in [1.82, 2.24) is 0 Å². The molecule has 118 valence electrons. The SMILES string of the molecule is N#Cc1cc(NCCCOC2CCCC2)cc(N)c1[N+](=O)[O-]. The van der Waals surface area contributed by atoms with E-state index in [0.717, 1.165) is 19.3 Å². The van der Waals surface area contributed by atoms with Gasteiger partial charge in [-0.05, 0) is 31.4 Å². The predicted molar refractivity (Wildman–Crippen MR) is 83.5 cm³/mol. The molecule has 0 unspecified atom stereocenters. The first-order chi connectivity index (χ1) is 10.6. The van der Waals surface area contributed by atoms with Crippen LogP contribution in [0, 0.1) is 21.4 Å². The average Bonchev–Trinajstić information content (AvgIpc) is 2.99. The number of nitro benzene ring substituents is 1. The molecule has 22 heavy (non-hydrogen) atoms. The minimum Gasteiger partial charge on any atom is -0.393 e. The van der Waals surface area contributed by atoms with Crippen LogP contribution >= 0.6 is 0 Å². The number of nitrogens with zero attached hydrogens (tertiary/aromatic N) is 2. The second kappa shape index (κ2) is 7.61. The van der Waals surface area contributed by atoms with Gasteiger partial charge in [0.15, 0.2) is 0 Å². The van der Waals surface area contributed by atoms with Crippen molar-refractivity contribution in [3.8, 4) is 6.07 Å². The molecule has 0 saturated heterocycles. The molecule has 0 aromatic heterocycles. The third-order valence-electron chi connectivity index (χ3n) is 3.75. The van der Waals surface area contributed by atoms with Crippen LogP contribution in [0.15, 0.2) is 12.1 Å². The molecule has 1 aliphatic rings. The number of nitriles is 1. The van der Waals surface area contributed by atoms with Gasteiger partial charge in [0.2, 0.25) is 0 Å². The van der Waals surface area contributed by atoms with E-state index < -0.39 is 4.92 Å². The molecule has 0 atom stereocenters. The second-order valence-corrected chi connectivity index (χ2v) is 5.39. The number of nitrogens with one attached hydrogen (secondary N) is 1. The summed E-state index contributed by atoms with van der Waals surface area (Å²) >= 11 is 0. The summed E-state index contributed by atoms with van der Waals surface area (Å²) in [5.74, 6) is 0. The summed E-state index contributed by atoms with van der Waals surface area (Å²) < 4.78 is 5.75. The first-order valence-corrected chi connectivity index (χ1v) is 7.45. The Hall–Kier alpha value is -2.33. The van der Waals surface area contributed by atoms with Crippen LogP contribution in [0.25, 0.3) is 0 Å². The molecule has 1 saturated carbocycles. The molecule has 0 spiro atoms. The lowest BCUT2D eigenvalue weighted by atomic mass is 10.1. The highest BCUT2D eigenvalue weighted by atomic mass is 16.6. The summed E-state index contributed by atoms with van der Waals surface area (Å²) in [7, 11) is 0. The van der Waals surface area contributed by atoms with E-state index in [9.17, 15) is 10.1 Å². The maximum atomic E-state index is 10.9. The van der Waals surface area contributed by atoms with Crippen molar-refractivity contribution in [3.63, 3.8) is 0 Å². The molecule has 0 amide bonds. The molecule has 1 aromatic rings. The van der Waals surface area contributed by atoms with Crippen LogP contribution in [-0.2, 0) is 4.74 Å². The van der Waals surface area contributed by atoms with Crippen LogP contribution in [0.1, 0.15) is 37.7 Å². The number of hydrogen-bond donors (Lipinski definition) is 2. The zero-order valence-corrected chi connectivity index (χ0v) is 12.4. The van der Waals surface area contributed by atoms with Gasteiger partial charge < -0.3 is 15.8 Å². The lowest BCUT2D eigenvalue weighted by molar-refractivity contribution is -0.384. The van der Waals surface area contributed by atoms with Gasteiger partial charge in [0.25, 0.3) is 0 Å². The van der Waals surface area contributed by atoms with Crippen molar-refractivity contribution < 1.29 is 9.66 Å². The van der Waals surface area contributed by atoms with Gasteiger partial charge in [-0.15, -0.1) is 0 Å². The van der Waals surface area contributed by atoms with Gasteiger partial charge >= 0.3 is 5.69 Å². The Morgan fingerprint density at radius 3 is 2.82 bits per heavy atom. The molecule has 7 nitrogen and oxygen atoms in total. The zero-order chi connectivity index (χ0) is 15.9. The van der Waals surface area contributed by atoms with Crippen LogP contribution in [0.5, 0.6) is 0 Å². The fourth-order valence-corrected chi connectivity index (χ4v) is 2.66. The molecule has 1 fully saturated rings. The van der Waals surface area contributed by atoms with Gasteiger partial charge in [0.1, 0.15) is 17.3 Å². The molecule has 1 aliphatic carbocycles. The Morgan fingerprint density at radius 1 is 1.45 bits per heavy atom. The minimum absolute atomic E-state index is 0.00578. The maximum absolute atomic E-state index is 10.9. The van der Waals surface area contributed by atoms with Gasteiger partial charge in [-0.3, -0.25) is 10.1 Å². The Bertz CT molecular complexity index is 577. The Morgan fingerprint density at radius 2 is 2.18 bits per heavy atom. The highest BCUT2D eigenvalue weighted by Crippen LogP contribution is 2.29. The molecule has 0 heterocycles. The van der Waals surface area contributed by atoms with E-state index >= 15 is 0 Å². The average molecular weight is 304 g/mol. The van der Waals surface area contributed by atoms with Gasteiger partial charge in [0.05, 0.1) is 11.0 Å². The van der Waals surface area contributed by atoms with Crippen molar-refractivity contribution in [3.05, 3.63) is 27.8 Å². The number of hydrogen-bond acceptors (Lipinski definition) is 6. The van der Waals surface area contributed by atoms with Crippen molar-refractivity contribution in [2.75, 3.05) is 24.2 Å². The van der Waals surface area contributed by atoms with Crippen molar-refractivity contribution >= 4 is 17.1 Å². The monoisotopic (exact) mass is 304 g/mol. The second-order valence-electron chi connectivity index (χ2n) is 5.39.